The predicted octanol–water partition coefficient (Wildman–Crippen LogP) is 3.56. The van der Waals surface area contributed by atoms with Gasteiger partial charge in [-0.05, 0) is 69.5 Å². The normalized spacial score (nSPS) is 12.8. The molecule has 0 aromatic heterocycles. The second-order valence-corrected chi connectivity index (χ2v) is 10.3. The molecule has 0 aliphatic carbocycles. The van der Waals surface area contributed by atoms with E-state index in [0.717, 1.165) is 5.56 Å². The fraction of sp³-hybridized carbons (Fsp3) is 0.414. The molecule has 4 N–H and O–H groups in total. The van der Waals surface area contributed by atoms with Gasteiger partial charge in [0.1, 0.15) is 23.4 Å². The zero-order valence-corrected chi connectivity index (χ0v) is 22.7. The highest BCUT2D eigenvalue weighted by molar-refractivity contribution is 5.92. The summed E-state index contributed by atoms with van der Waals surface area (Å²) in [5.41, 5.74) is 1.15. The number of amides is 3. The molecule has 206 valence electrons. The number of carbonyl (C=O) groups is 3. The van der Waals surface area contributed by atoms with Gasteiger partial charge in [-0.1, -0.05) is 43.0 Å². The molecule has 0 heterocycles. The minimum atomic E-state index is -1.13. The van der Waals surface area contributed by atoms with E-state index in [1.54, 1.807) is 57.2 Å². The van der Waals surface area contributed by atoms with Crippen LogP contribution in [0.5, 0.6) is 5.75 Å². The fourth-order valence-electron chi connectivity index (χ4n) is 3.88. The lowest BCUT2D eigenvalue weighted by Crippen LogP contribution is -2.54. The molecule has 0 bridgehead atoms. The number of carbonyl (C=O) groups excluding carboxylic acids is 3. The molecule has 0 radical (unpaired) electrons. The predicted molar refractivity (Wildman–Crippen MR) is 146 cm³/mol. The van der Waals surface area contributed by atoms with Crippen molar-refractivity contribution >= 4 is 24.0 Å². The number of ether oxygens (including phenoxy) is 1. The average molecular weight is 526 g/mol. The molecule has 0 aliphatic rings. The Kier molecular flexibility index (Phi) is 10.9. The Bertz CT molecular complexity index is 1110. The van der Waals surface area contributed by atoms with E-state index in [1.165, 1.54) is 17.0 Å². The topological polar surface area (TPSA) is 128 Å². The highest BCUT2D eigenvalue weighted by Crippen LogP contribution is 2.25. The van der Waals surface area contributed by atoms with E-state index in [0.29, 0.717) is 11.1 Å². The summed E-state index contributed by atoms with van der Waals surface area (Å²) in [5, 5.41) is 25.1. The highest BCUT2D eigenvalue weighted by Gasteiger charge is 2.36. The summed E-state index contributed by atoms with van der Waals surface area (Å²) in [4.78, 5) is 41.5. The molecule has 38 heavy (non-hydrogen) atoms. The van der Waals surface area contributed by atoms with E-state index in [-0.39, 0.29) is 24.8 Å². The maximum atomic E-state index is 14.1. The van der Waals surface area contributed by atoms with Crippen LogP contribution in [0.2, 0.25) is 0 Å². The van der Waals surface area contributed by atoms with Crippen LogP contribution in [-0.2, 0) is 20.7 Å². The van der Waals surface area contributed by atoms with Gasteiger partial charge in [0.05, 0.1) is 6.61 Å². The van der Waals surface area contributed by atoms with E-state index in [2.05, 4.69) is 17.2 Å². The Labute approximate surface area is 224 Å². The number of nitrogens with one attached hydrogen (secondary N) is 2. The first-order valence-electron chi connectivity index (χ1n) is 12.6. The molecule has 9 heteroatoms. The fourth-order valence-corrected chi connectivity index (χ4v) is 3.88. The molecule has 2 aromatic rings. The number of aliphatic hydroxyl groups is 1. The second-order valence-electron chi connectivity index (χ2n) is 10.3. The smallest absolute Gasteiger partial charge is 0.408 e. The summed E-state index contributed by atoms with van der Waals surface area (Å²) in [6.45, 7) is 12.0. The molecule has 0 spiro atoms. The van der Waals surface area contributed by atoms with Gasteiger partial charge in [0, 0.05) is 19.0 Å². The number of benzene rings is 2. The number of aliphatic hydroxyl groups excluding tert-OH is 1. The molecule has 0 aliphatic heterocycles. The third kappa shape index (κ3) is 9.23. The van der Waals surface area contributed by atoms with Gasteiger partial charge in [-0.2, -0.15) is 0 Å². The standard InChI is InChI=1S/C29H39N3O6/c1-7-20-9-8-10-22(17-20)25(26(35)30-19(2)3)32(15-16-33)27(36)24(31-28(37)38-29(4,5)6)18-21-11-13-23(34)14-12-21/h7-14,17,19,24-25,33-34H,1,15-16,18H2,2-6H3,(H,30,35)(H,31,37). The monoisotopic (exact) mass is 525 g/mol. The van der Waals surface area contributed by atoms with Crippen LogP contribution in [0.25, 0.3) is 6.08 Å². The van der Waals surface area contributed by atoms with Gasteiger partial charge in [0.25, 0.3) is 0 Å². The van der Waals surface area contributed by atoms with Gasteiger partial charge in [-0.3, -0.25) is 9.59 Å². The number of rotatable bonds is 11. The van der Waals surface area contributed by atoms with Crippen LogP contribution >= 0.6 is 0 Å². The van der Waals surface area contributed by atoms with Gasteiger partial charge in [0.15, 0.2) is 0 Å². The summed E-state index contributed by atoms with van der Waals surface area (Å²) < 4.78 is 5.39. The first-order valence-corrected chi connectivity index (χ1v) is 12.6. The van der Waals surface area contributed by atoms with Crippen LogP contribution in [0.4, 0.5) is 4.79 Å². The Morgan fingerprint density at radius 2 is 1.74 bits per heavy atom. The van der Waals surface area contributed by atoms with E-state index in [4.69, 9.17) is 4.74 Å². The minimum Gasteiger partial charge on any atom is -0.508 e. The van der Waals surface area contributed by atoms with Crippen LogP contribution in [0.15, 0.2) is 55.1 Å². The van der Waals surface area contributed by atoms with Crippen molar-refractivity contribution in [1.29, 1.82) is 0 Å². The van der Waals surface area contributed by atoms with Crippen molar-refractivity contribution in [2.45, 2.75) is 64.8 Å². The number of hydrogen-bond acceptors (Lipinski definition) is 6. The molecule has 0 fully saturated rings. The van der Waals surface area contributed by atoms with Crippen molar-refractivity contribution in [1.82, 2.24) is 15.5 Å². The first-order chi connectivity index (χ1) is 17.8. The van der Waals surface area contributed by atoms with Gasteiger partial charge in [-0.25, -0.2) is 4.79 Å². The van der Waals surface area contributed by atoms with Crippen LogP contribution < -0.4 is 10.6 Å². The van der Waals surface area contributed by atoms with Crippen molar-refractivity contribution in [3.8, 4) is 5.75 Å². The molecule has 0 saturated heterocycles. The third-order valence-corrected chi connectivity index (χ3v) is 5.44. The van der Waals surface area contributed by atoms with Crippen LogP contribution in [0.1, 0.15) is 57.4 Å². The SMILES string of the molecule is C=Cc1cccc(C(C(=O)NC(C)C)N(CCO)C(=O)C(Cc2ccc(O)cc2)NC(=O)OC(C)(C)C)c1. The number of alkyl carbamates (subject to hydrolysis) is 1. The van der Waals surface area contributed by atoms with Gasteiger partial charge >= 0.3 is 6.09 Å². The lowest BCUT2D eigenvalue weighted by molar-refractivity contribution is -0.143. The summed E-state index contributed by atoms with van der Waals surface area (Å²) >= 11 is 0. The van der Waals surface area contributed by atoms with Crippen molar-refractivity contribution in [2.24, 2.45) is 0 Å². The second kappa shape index (κ2) is 13.6. The number of hydrogen-bond donors (Lipinski definition) is 4. The molecule has 0 saturated carbocycles. The zero-order valence-electron chi connectivity index (χ0n) is 22.7. The molecule has 2 atom stereocenters. The largest absolute Gasteiger partial charge is 0.508 e. The lowest BCUT2D eigenvalue weighted by atomic mass is 9.98. The minimum absolute atomic E-state index is 0.0610. The first kappa shape index (κ1) is 30.4. The molecule has 2 unspecified atom stereocenters. The van der Waals surface area contributed by atoms with E-state index in [1.807, 2.05) is 19.9 Å². The maximum Gasteiger partial charge on any atom is 0.408 e. The molecule has 2 rings (SSSR count). The summed E-state index contributed by atoms with van der Waals surface area (Å²) in [5.74, 6) is -0.944. The Balaban J connectivity index is 2.55. The summed E-state index contributed by atoms with van der Waals surface area (Å²) in [7, 11) is 0. The van der Waals surface area contributed by atoms with Gasteiger partial charge < -0.3 is 30.5 Å². The van der Waals surface area contributed by atoms with E-state index in [9.17, 15) is 24.6 Å². The van der Waals surface area contributed by atoms with Crippen LogP contribution in [0, 0.1) is 0 Å². The zero-order chi connectivity index (χ0) is 28.5. The molecular formula is C29H39N3O6. The summed E-state index contributed by atoms with van der Waals surface area (Å²) in [6.07, 6.45) is 0.901. The van der Waals surface area contributed by atoms with Crippen molar-refractivity contribution in [2.75, 3.05) is 13.2 Å². The molecular weight excluding hydrogens is 486 g/mol. The van der Waals surface area contributed by atoms with Gasteiger partial charge in [0.2, 0.25) is 11.8 Å². The quantitative estimate of drug-likeness (QED) is 0.355. The van der Waals surface area contributed by atoms with Crippen molar-refractivity contribution < 1.29 is 29.3 Å². The highest BCUT2D eigenvalue weighted by atomic mass is 16.6. The number of phenols is 1. The number of phenolic OH excluding ortho intramolecular Hbond substituents is 1. The molecule has 9 nitrogen and oxygen atoms in total. The summed E-state index contributed by atoms with van der Waals surface area (Å²) in [6, 6.07) is 10.9. The molecule has 2 aromatic carbocycles. The van der Waals surface area contributed by atoms with E-state index >= 15 is 0 Å². The van der Waals surface area contributed by atoms with Gasteiger partial charge in [-0.15, -0.1) is 0 Å². The van der Waals surface area contributed by atoms with Crippen LogP contribution in [-0.4, -0.2) is 63.9 Å². The Morgan fingerprint density at radius 3 is 2.29 bits per heavy atom. The average Bonchev–Trinajstić information content (AvgIpc) is 2.82. The number of nitrogens with zero attached hydrogens (tertiary/aromatic N) is 1. The number of aromatic hydroxyl groups is 1. The Morgan fingerprint density at radius 1 is 1.08 bits per heavy atom. The van der Waals surface area contributed by atoms with E-state index < -0.39 is 42.2 Å². The third-order valence-electron chi connectivity index (χ3n) is 5.44. The Hall–Kier alpha value is -3.85. The molecule has 3 amide bonds. The van der Waals surface area contributed by atoms with Crippen molar-refractivity contribution in [3.63, 3.8) is 0 Å². The lowest BCUT2D eigenvalue weighted by Gasteiger charge is -2.34. The van der Waals surface area contributed by atoms with Crippen LogP contribution in [0.3, 0.4) is 0 Å². The maximum absolute atomic E-state index is 14.1. The van der Waals surface area contributed by atoms with Crippen molar-refractivity contribution in [3.05, 3.63) is 71.8 Å².